The van der Waals surface area contributed by atoms with Crippen LogP contribution in [0, 0.1) is 0 Å². The van der Waals surface area contributed by atoms with Crippen LogP contribution >= 0.6 is 0 Å². The number of nitrogens with one attached hydrogen (secondary N) is 1. The number of benzene rings is 1. The Bertz CT molecular complexity index is 767. The van der Waals surface area contributed by atoms with Gasteiger partial charge in [0.2, 0.25) is 0 Å². The van der Waals surface area contributed by atoms with E-state index in [9.17, 15) is 4.79 Å². The molecule has 0 aliphatic carbocycles. The lowest BCUT2D eigenvalue weighted by Gasteiger charge is -2.35. The highest BCUT2D eigenvalue weighted by Crippen LogP contribution is 2.17. The molecule has 0 atom stereocenters. The van der Waals surface area contributed by atoms with Crippen molar-refractivity contribution in [1.82, 2.24) is 15.2 Å². The first-order chi connectivity index (χ1) is 13.8. The molecule has 1 N–H and O–H groups in total. The van der Waals surface area contributed by atoms with Crippen LogP contribution in [0.4, 0.5) is 5.69 Å². The summed E-state index contributed by atoms with van der Waals surface area (Å²) in [5, 5.41) is 2.94. The molecule has 148 valence electrons. The first-order valence-electron chi connectivity index (χ1n) is 10.2. The molecule has 1 saturated heterocycles. The Labute approximate surface area is 168 Å². The molecular weight excluding hydrogens is 348 g/mol. The second-order valence-corrected chi connectivity index (χ2v) is 7.11. The molecule has 2 aromatic rings. The van der Waals surface area contributed by atoms with Crippen molar-refractivity contribution in [3.05, 3.63) is 66.0 Å². The van der Waals surface area contributed by atoms with Crippen molar-refractivity contribution in [2.24, 2.45) is 0 Å². The quantitative estimate of drug-likeness (QED) is 0.715. The van der Waals surface area contributed by atoms with Crippen LogP contribution in [0.25, 0.3) is 6.08 Å². The Morgan fingerprint density at radius 2 is 1.93 bits per heavy atom. The van der Waals surface area contributed by atoms with Crippen molar-refractivity contribution in [3.8, 4) is 0 Å². The summed E-state index contributed by atoms with van der Waals surface area (Å²) in [6.45, 7) is 7.72. The fourth-order valence-electron chi connectivity index (χ4n) is 3.30. The lowest BCUT2D eigenvalue weighted by Crippen LogP contribution is -2.46. The molecule has 1 fully saturated rings. The molecule has 5 heteroatoms. The molecule has 0 unspecified atom stereocenters. The van der Waals surface area contributed by atoms with Gasteiger partial charge in [-0.25, -0.2) is 0 Å². The SMILES string of the molecule is CCCCNC(=O)c1cc(N2CCN(C/C=C/c3ccccc3)CC2)ccn1. The average Bonchev–Trinajstić information content (AvgIpc) is 2.75. The topological polar surface area (TPSA) is 48.5 Å². The molecule has 0 bridgehead atoms. The Hall–Kier alpha value is -2.66. The number of carbonyl (C=O) groups is 1. The summed E-state index contributed by atoms with van der Waals surface area (Å²) in [7, 11) is 0. The molecule has 1 amide bonds. The van der Waals surface area contributed by atoms with E-state index >= 15 is 0 Å². The minimum atomic E-state index is -0.0833. The molecule has 28 heavy (non-hydrogen) atoms. The number of amides is 1. The lowest BCUT2D eigenvalue weighted by molar-refractivity contribution is 0.0948. The number of rotatable bonds is 8. The van der Waals surface area contributed by atoms with Gasteiger partial charge < -0.3 is 10.2 Å². The van der Waals surface area contributed by atoms with Crippen molar-refractivity contribution >= 4 is 17.7 Å². The zero-order valence-electron chi connectivity index (χ0n) is 16.7. The van der Waals surface area contributed by atoms with Gasteiger partial charge in [0.15, 0.2) is 0 Å². The Balaban J connectivity index is 1.48. The summed E-state index contributed by atoms with van der Waals surface area (Å²) in [6, 6.07) is 14.3. The predicted molar refractivity (Wildman–Crippen MR) is 116 cm³/mol. The van der Waals surface area contributed by atoms with E-state index in [0.717, 1.165) is 51.3 Å². The normalized spacial score (nSPS) is 15.1. The molecule has 0 spiro atoms. The van der Waals surface area contributed by atoms with E-state index in [-0.39, 0.29) is 5.91 Å². The first-order valence-corrected chi connectivity index (χ1v) is 10.2. The average molecular weight is 379 g/mol. The summed E-state index contributed by atoms with van der Waals surface area (Å²) in [4.78, 5) is 21.3. The number of piperazine rings is 1. The van der Waals surface area contributed by atoms with Gasteiger partial charge in [-0.15, -0.1) is 0 Å². The summed E-state index contributed by atoms with van der Waals surface area (Å²) in [6.07, 6.45) is 8.21. The van der Waals surface area contributed by atoms with Crippen LogP contribution in [0.3, 0.4) is 0 Å². The van der Waals surface area contributed by atoms with E-state index < -0.39 is 0 Å². The van der Waals surface area contributed by atoms with Crippen LogP contribution in [0.5, 0.6) is 0 Å². The zero-order valence-corrected chi connectivity index (χ0v) is 16.7. The maximum atomic E-state index is 12.2. The van der Waals surface area contributed by atoms with Gasteiger partial charge in [-0.1, -0.05) is 55.8 Å². The highest BCUT2D eigenvalue weighted by Gasteiger charge is 2.17. The molecule has 1 aliphatic rings. The summed E-state index contributed by atoms with van der Waals surface area (Å²) in [5.41, 5.74) is 2.82. The number of carbonyl (C=O) groups excluding carboxylic acids is 1. The third-order valence-corrected chi connectivity index (χ3v) is 5.00. The maximum Gasteiger partial charge on any atom is 0.269 e. The van der Waals surface area contributed by atoms with Crippen LogP contribution < -0.4 is 10.2 Å². The highest BCUT2D eigenvalue weighted by atomic mass is 16.1. The first kappa shape index (κ1) is 20.1. The van der Waals surface area contributed by atoms with Gasteiger partial charge in [-0.3, -0.25) is 14.7 Å². The summed E-state index contributed by atoms with van der Waals surface area (Å²) in [5.74, 6) is -0.0833. The number of aromatic nitrogens is 1. The van der Waals surface area contributed by atoms with Crippen molar-refractivity contribution in [3.63, 3.8) is 0 Å². The second-order valence-electron chi connectivity index (χ2n) is 7.11. The monoisotopic (exact) mass is 378 g/mol. The Morgan fingerprint density at radius 1 is 1.14 bits per heavy atom. The van der Waals surface area contributed by atoms with E-state index in [1.807, 2.05) is 18.2 Å². The van der Waals surface area contributed by atoms with E-state index in [1.165, 1.54) is 5.56 Å². The van der Waals surface area contributed by atoms with Crippen LogP contribution in [-0.4, -0.2) is 55.1 Å². The van der Waals surface area contributed by atoms with Crippen molar-refractivity contribution in [2.45, 2.75) is 19.8 Å². The van der Waals surface area contributed by atoms with Crippen LogP contribution in [0.1, 0.15) is 35.8 Å². The zero-order chi connectivity index (χ0) is 19.6. The van der Waals surface area contributed by atoms with Gasteiger partial charge in [0.05, 0.1) is 0 Å². The number of pyridine rings is 1. The lowest BCUT2D eigenvalue weighted by atomic mass is 10.2. The molecule has 0 radical (unpaired) electrons. The number of hydrogen-bond acceptors (Lipinski definition) is 4. The van der Waals surface area contributed by atoms with E-state index in [2.05, 4.69) is 63.4 Å². The van der Waals surface area contributed by atoms with Crippen LogP contribution in [0.2, 0.25) is 0 Å². The molecule has 0 saturated carbocycles. The van der Waals surface area contributed by atoms with Gasteiger partial charge in [0, 0.05) is 51.2 Å². The van der Waals surface area contributed by atoms with E-state index in [0.29, 0.717) is 12.2 Å². The fraction of sp³-hybridized carbons (Fsp3) is 0.391. The standard InChI is InChI=1S/C23H30N4O/c1-2-3-12-25-23(28)22-19-21(11-13-24-22)27-17-15-26(16-18-27)14-7-10-20-8-5-4-6-9-20/h4-11,13,19H,2-3,12,14-18H2,1H3,(H,25,28)/b10-7+. The maximum absolute atomic E-state index is 12.2. The molecule has 3 rings (SSSR count). The molecule has 1 aromatic heterocycles. The Morgan fingerprint density at radius 3 is 2.68 bits per heavy atom. The third kappa shape index (κ3) is 5.92. The van der Waals surface area contributed by atoms with Gasteiger partial charge in [0.25, 0.3) is 5.91 Å². The number of anilines is 1. The molecule has 1 aliphatic heterocycles. The Kier molecular flexibility index (Phi) is 7.62. The summed E-state index contributed by atoms with van der Waals surface area (Å²) >= 11 is 0. The highest BCUT2D eigenvalue weighted by molar-refractivity contribution is 5.93. The predicted octanol–water partition coefficient (Wildman–Crippen LogP) is 3.45. The second kappa shape index (κ2) is 10.6. The number of unbranched alkanes of at least 4 members (excludes halogenated alkanes) is 1. The van der Waals surface area contributed by atoms with E-state index in [4.69, 9.17) is 0 Å². The van der Waals surface area contributed by atoms with Crippen LogP contribution in [-0.2, 0) is 0 Å². The largest absolute Gasteiger partial charge is 0.369 e. The van der Waals surface area contributed by atoms with Gasteiger partial charge in [-0.05, 0) is 24.1 Å². The third-order valence-electron chi connectivity index (χ3n) is 5.00. The van der Waals surface area contributed by atoms with E-state index in [1.54, 1.807) is 6.20 Å². The van der Waals surface area contributed by atoms with Gasteiger partial charge in [0.1, 0.15) is 5.69 Å². The fourth-order valence-corrected chi connectivity index (χ4v) is 3.30. The number of hydrogen-bond donors (Lipinski definition) is 1. The van der Waals surface area contributed by atoms with Crippen molar-refractivity contribution < 1.29 is 4.79 Å². The molecule has 5 nitrogen and oxygen atoms in total. The van der Waals surface area contributed by atoms with Gasteiger partial charge >= 0.3 is 0 Å². The molecule has 1 aromatic carbocycles. The van der Waals surface area contributed by atoms with Crippen molar-refractivity contribution in [1.29, 1.82) is 0 Å². The van der Waals surface area contributed by atoms with Crippen molar-refractivity contribution in [2.75, 3.05) is 44.2 Å². The minimum Gasteiger partial charge on any atom is -0.369 e. The van der Waals surface area contributed by atoms with Gasteiger partial charge in [-0.2, -0.15) is 0 Å². The smallest absolute Gasteiger partial charge is 0.269 e. The summed E-state index contributed by atoms with van der Waals surface area (Å²) < 4.78 is 0. The van der Waals surface area contributed by atoms with Crippen LogP contribution in [0.15, 0.2) is 54.7 Å². The molecular formula is C23H30N4O. The molecule has 2 heterocycles. The number of nitrogens with zero attached hydrogens (tertiary/aromatic N) is 3. The minimum absolute atomic E-state index is 0.0833.